The minimum absolute atomic E-state index is 0.319. The molecular formula is C25H26OS. The van der Waals surface area contributed by atoms with Gasteiger partial charge < -0.3 is 4.74 Å². The summed E-state index contributed by atoms with van der Waals surface area (Å²) >= 11 is 1.89. The molecule has 0 saturated carbocycles. The summed E-state index contributed by atoms with van der Waals surface area (Å²) in [6, 6.07) is 17.5. The first-order chi connectivity index (χ1) is 13.1. The summed E-state index contributed by atoms with van der Waals surface area (Å²) in [5.74, 6) is 0.980. The van der Waals surface area contributed by atoms with Crippen LogP contribution in [0.3, 0.4) is 0 Å². The quantitative estimate of drug-likeness (QED) is 0.442. The van der Waals surface area contributed by atoms with E-state index in [4.69, 9.17) is 4.74 Å². The Bertz CT molecular complexity index is 1050. The minimum atomic E-state index is -0.319. The zero-order valence-electron chi connectivity index (χ0n) is 16.5. The monoisotopic (exact) mass is 374 g/mol. The predicted molar refractivity (Wildman–Crippen MR) is 118 cm³/mol. The first kappa shape index (κ1) is 18.1. The molecule has 1 nitrogen and oxygen atoms in total. The van der Waals surface area contributed by atoms with Crippen molar-refractivity contribution < 1.29 is 4.74 Å². The van der Waals surface area contributed by atoms with E-state index in [9.17, 15) is 0 Å². The summed E-state index contributed by atoms with van der Waals surface area (Å²) in [6.45, 7) is 8.72. The van der Waals surface area contributed by atoms with Crippen LogP contribution in [0.5, 0.6) is 0 Å². The van der Waals surface area contributed by atoms with Gasteiger partial charge in [-0.1, -0.05) is 62.4 Å². The SMILES string of the molecule is CCC1(CC)O/C(C)=C\C(C)=C/c2ccccc2-c2sc3ccccc3c21. The van der Waals surface area contributed by atoms with Crippen molar-refractivity contribution in [3.63, 3.8) is 0 Å². The van der Waals surface area contributed by atoms with Gasteiger partial charge in [0.2, 0.25) is 0 Å². The lowest BCUT2D eigenvalue weighted by atomic mass is 9.83. The van der Waals surface area contributed by atoms with Crippen LogP contribution in [0.15, 0.2) is 65.9 Å². The minimum Gasteiger partial charge on any atom is -0.487 e. The smallest absolute Gasteiger partial charge is 0.135 e. The standard InChI is InChI=1S/C25H26OS/c1-5-25(6-2)23-21-13-9-10-14-22(21)27-24(23)20-12-8-7-11-19(20)16-17(3)15-18(4)26-25/h7-16H,5-6H2,1-4H3/b17-16-,18-15-. The van der Waals surface area contributed by atoms with E-state index >= 15 is 0 Å². The second-order valence-corrected chi connectivity index (χ2v) is 8.39. The van der Waals surface area contributed by atoms with E-state index in [-0.39, 0.29) is 5.60 Å². The Balaban J connectivity index is 2.17. The van der Waals surface area contributed by atoms with Crippen LogP contribution in [0.2, 0.25) is 0 Å². The van der Waals surface area contributed by atoms with Gasteiger partial charge in [-0.05, 0) is 55.5 Å². The molecule has 2 heterocycles. The zero-order valence-corrected chi connectivity index (χ0v) is 17.3. The second kappa shape index (κ2) is 7.01. The molecule has 2 aromatic carbocycles. The molecule has 138 valence electrons. The van der Waals surface area contributed by atoms with Gasteiger partial charge in [0.1, 0.15) is 5.60 Å². The number of fused-ring (bicyclic) bond motifs is 5. The number of allylic oxidation sites excluding steroid dienone is 3. The highest BCUT2D eigenvalue weighted by molar-refractivity contribution is 7.22. The maximum atomic E-state index is 6.72. The molecule has 0 atom stereocenters. The maximum Gasteiger partial charge on any atom is 0.135 e. The van der Waals surface area contributed by atoms with Crippen molar-refractivity contribution in [3.8, 4) is 10.4 Å². The zero-order chi connectivity index (χ0) is 19.0. The highest BCUT2D eigenvalue weighted by Gasteiger charge is 2.37. The van der Waals surface area contributed by atoms with Crippen LogP contribution in [-0.4, -0.2) is 0 Å². The van der Waals surface area contributed by atoms with Gasteiger partial charge in [0.15, 0.2) is 0 Å². The summed E-state index contributed by atoms with van der Waals surface area (Å²) in [4.78, 5) is 1.34. The third-order valence-electron chi connectivity index (χ3n) is 5.57. The fourth-order valence-electron chi connectivity index (χ4n) is 4.26. The van der Waals surface area contributed by atoms with Crippen LogP contribution in [0.25, 0.3) is 26.6 Å². The average Bonchev–Trinajstić information content (AvgIpc) is 3.06. The Hall–Kier alpha value is -2.32. The third kappa shape index (κ3) is 3.02. The van der Waals surface area contributed by atoms with Crippen LogP contribution >= 0.6 is 11.3 Å². The Morgan fingerprint density at radius 1 is 0.889 bits per heavy atom. The molecule has 0 unspecified atom stereocenters. The van der Waals surface area contributed by atoms with Gasteiger partial charge in [0, 0.05) is 20.5 Å². The lowest BCUT2D eigenvalue weighted by molar-refractivity contribution is -0.00736. The highest BCUT2D eigenvalue weighted by Crippen LogP contribution is 2.50. The molecule has 2 heteroatoms. The number of ether oxygens (including phenoxy) is 1. The molecule has 3 aromatic rings. The fraction of sp³-hybridized carbons (Fsp3) is 0.280. The van der Waals surface area contributed by atoms with Crippen molar-refractivity contribution in [3.05, 3.63) is 77.1 Å². The largest absolute Gasteiger partial charge is 0.487 e. The normalized spacial score (nSPS) is 19.9. The van der Waals surface area contributed by atoms with Gasteiger partial charge in [0.25, 0.3) is 0 Å². The molecule has 0 aliphatic carbocycles. The van der Waals surface area contributed by atoms with E-state index in [0.29, 0.717) is 0 Å². The van der Waals surface area contributed by atoms with Gasteiger partial charge >= 0.3 is 0 Å². The van der Waals surface area contributed by atoms with Gasteiger partial charge in [-0.3, -0.25) is 0 Å². The van der Waals surface area contributed by atoms with Gasteiger partial charge in [-0.2, -0.15) is 0 Å². The maximum absolute atomic E-state index is 6.72. The summed E-state index contributed by atoms with van der Waals surface area (Å²) < 4.78 is 8.05. The number of hydrogen-bond donors (Lipinski definition) is 0. The Morgan fingerprint density at radius 3 is 2.37 bits per heavy atom. The molecule has 0 amide bonds. The molecule has 1 aromatic heterocycles. The summed E-state index contributed by atoms with van der Waals surface area (Å²) in [7, 11) is 0. The first-order valence-corrected chi connectivity index (χ1v) is 10.6. The van der Waals surface area contributed by atoms with E-state index in [1.165, 1.54) is 37.2 Å². The number of rotatable bonds is 2. The number of thiophene rings is 1. The van der Waals surface area contributed by atoms with Crippen molar-refractivity contribution in [2.75, 3.05) is 0 Å². The van der Waals surface area contributed by atoms with Crippen LogP contribution in [-0.2, 0) is 10.3 Å². The predicted octanol–water partition coefficient (Wildman–Crippen LogP) is 7.92. The first-order valence-electron chi connectivity index (χ1n) is 9.75. The Labute approximate surface area is 166 Å². The molecule has 0 spiro atoms. The van der Waals surface area contributed by atoms with E-state index < -0.39 is 0 Å². The van der Waals surface area contributed by atoms with Gasteiger partial charge in [-0.15, -0.1) is 11.3 Å². The Kier molecular flexibility index (Phi) is 4.69. The molecule has 0 saturated heterocycles. The lowest BCUT2D eigenvalue weighted by Gasteiger charge is -2.35. The van der Waals surface area contributed by atoms with E-state index in [0.717, 1.165) is 18.6 Å². The molecule has 0 fully saturated rings. The van der Waals surface area contributed by atoms with Crippen molar-refractivity contribution in [2.45, 2.75) is 46.1 Å². The fourth-order valence-corrected chi connectivity index (χ4v) is 5.60. The van der Waals surface area contributed by atoms with Crippen LogP contribution < -0.4 is 0 Å². The molecule has 27 heavy (non-hydrogen) atoms. The number of hydrogen-bond acceptors (Lipinski definition) is 2. The molecule has 0 radical (unpaired) electrons. The molecule has 1 aliphatic rings. The Morgan fingerprint density at radius 2 is 1.59 bits per heavy atom. The van der Waals surface area contributed by atoms with Gasteiger partial charge in [-0.25, -0.2) is 0 Å². The molecule has 4 rings (SSSR count). The van der Waals surface area contributed by atoms with Crippen LogP contribution in [0, 0.1) is 0 Å². The van der Waals surface area contributed by atoms with Crippen molar-refractivity contribution in [2.24, 2.45) is 0 Å². The van der Waals surface area contributed by atoms with Crippen LogP contribution in [0.1, 0.15) is 51.7 Å². The van der Waals surface area contributed by atoms with Gasteiger partial charge in [0.05, 0.1) is 5.76 Å². The lowest BCUT2D eigenvalue weighted by Crippen LogP contribution is -2.28. The van der Waals surface area contributed by atoms with Crippen LogP contribution in [0.4, 0.5) is 0 Å². The average molecular weight is 375 g/mol. The number of benzene rings is 2. The van der Waals surface area contributed by atoms with Crippen molar-refractivity contribution in [1.29, 1.82) is 0 Å². The summed E-state index contributed by atoms with van der Waals surface area (Å²) in [6.07, 6.45) is 6.30. The topological polar surface area (TPSA) is 9.23 Å². The van der Waals surface area contributed by atoms with Crippen molar-refractivity contribution >= 4 is 27.5 Å². The molecule has 0 bridgehead atoms. The summed E-state index contributed by atoms with van der Waals surface area (Å²) in [5.41, 5.74) is 4.82. The van der Waals surface area contributed by atoms with E-state index in [1.54, 1.807) is 0 Å². The summed E-state index contributed by atoms with van der Waals surface area (Å²) in [5, 5.41) is 1.32. The highest BCUT2D eigenvalue weighted by atomic mass is 32.1. The third-order valence-corrected chi connectivity index (χ3v) is 6.77. The molecule has 0 N–H and O–H groups in total. The second-order valence-electron chi connectivity index (χ2n) is 7.34. The van der Waals surface area contributed by atoms with Crippen molar-refractivity contribution in [1.82, 2.24) is 0 Å². The van der Waals surface area contributed by atoms with E-state index in [2.05, 4.69) is 88.4 Å². The molecule has 1 aliphatic heterocycles. The van der Waals surface area contributed by atoms with E-state index in [1.807, 2.05) is 11.3 Å². The molecular weight excluding hydrogens is 348 g/mol.